The van der Waals surface area contributed by atoms with Gasteiger partial charge in [0.25, 0.3) is 0 Å². The Morgan fingerprint density at radius 1 is 1.44 bits per heavy atom. The lowest BCUT2D eigenvalue weighted by Crippen LogP contribution is -2.29. The van der Waals surface area contributed by atoms with Crippen LogP contribution in [0, 0.1) is 12.3 Å². The predicted octanol–water partition coefficient (Wildman–Crippen LogP) is 3.57. The van der Waals surface area contributed by atoms with Gasteiger partial charge >= 0.3 is 0 Å². The number of hydrogen-bond acceptors (Lipinski definition) is 2. The summed E-state index contributed by atoms with van der Waals surface area (Å²) in [5.41, 5.74) is 1.91. The Bertz CT molecular complexity index is 459. The average Bonchev–Trinajstić information content (AvgIpc) is 2.91. The molecule has 1 aliphatic rings. The number of nitrogens with zero attached hydrogens (tertiary/aromatic N) is 2. The van der Waals surface area contributed by atoms with Crippen molar-refractivity contribution in [3.8, 4) is 0 Å². The van der Waals surface area contributed by atoms with Crippen LogP contribution in [0.2, 0.25) is 0 Å². The molecule has 0 atom stereocenters. The lowest BCUT2D eigenvalue weighted by molar-refractivity contribution is -0.128. The fraction of sp³-hybridized carbons (Fsp3) is 0.714. The first-order chi connectivity index (χ1) is 8.50. The van der Waals surface area contributed by atoms with Crippen LogP contribution in [0.25, 0.3) is 0 Å². The molecule has 3 nitrogen and oxygen atoms in total. The summed E-state index contributed by atoms with van der Waals surface area (Å²) in [6.07, 6.45) is 6.01. The van der Waals surface area contributed by atoms with Crippen LogP contribution in [-0.4, -0.2) is 15.6 Å². The molecule has 0 unspecified atom stereocenters. The lowest BCUT2D eigenvalue weighted by atomic mass is 9.77. The summed E-state index contributed by atoms with van der Waals surface area (Å²) in [5.74, 6) is 0.395. The highest BCUT2D eigenvalue weighted by molar-refractivity contribution is 9.10. The van der Waals surface area contributed by atoms with Gasteiger partial charge in [0.15, 0.2) is 0 Å². The van der Waals surface area contributed by atoms with Gasteiger partial charge in [-0.25, -0.2) is 0 Å². The summed E-state index contributed by atoms with van der Waals surface area (Å²) < 4.78 is 2.82. The maximum absolute atomic E-state index is 12.6. The molecular formula is C14H21BrN2O. The summed E-state index contributed by atoms with van der Waals surface area (Å²) >= 11 is 3.54. The minimum atomic E-state index is -0.0579. The van der Waals surface area contributed by atoms with E-state index < -0.39 is 0 Å². The molecule has 1 fully saturated rings. The highest BCUT2D eigenvalue weighted by Crippen LogP contribution is 2.42. The van der Waals surface area contributed by atoms with E-state index in [1.165, 1.54) is 12.8 Å². The van der Waals surface area contributed by atoms with Crippen molar-refractivity contribution in [3.63, 3.8) is 0 Å². The number of aromatic nitrogens is 2. The first-order valence-corrected chi connectivity index (χ1v) is 7.51. The topological polar surface area (TPSA) is 34.9 Å². The molecule has 100 valence electrons. The Balaban J connectivity index is 2.21. The van der Waals surface area contributed by atoms with Crippen molar-refractivity contribution < 1.29 is 4.79 Å². The number of ketones is 1. The summed E-state index contributed by atoms with van der Waals surface area (Å²) in [5, 5.41) is 4.36. The molecule has 0 N–H and O–H groups in total. The molecular weight excluding hydrogens is 292 g/mol. The molecule has 1 aliphatic carbocycles. The number of rotatable bonds is 4. The van der Waals surface area contributed by atoms with Gasteiger partial charge < -0.3 is 0 Å². The Kier molecular flexibility index (Phi) is 3.95. The number of carbonyl (C=O) groups is 1. The zero-order valence-corrected chi connectivity index (χ0v) is 13.0. The third kappa shape index (κ3) is 2.27. The quantitative estimate of drug-likeness (QED) is 0.852. The van der Waals surface area contributed by atoms with Crippen LogP contribution < -0.4 is 0 Å². The molecule has 1 saturated carbocycles. The summed E-state index contributed by atoms with van der Waals surface area (Å²) in [7, 11) is 1.91. The SMILES string of the molecule is CCC1(C(=O)Cc2c(Br)c(C)nn2C)CCCC1. The van der Waals surface area contributed by atoms with Crippen molar-refractivity contribution in [1.82, 2.24) is 9.78 Å². The van der Waals surface area contributed by atoms with Crippen LogP contribution in [0.1, 0.15) is 50.4 Å². The van der Waals surface area contributed by atoms with Crippen molar-refractivity contribution >= 4 is 21.7 Å². The molecule has 0 bridgehead atoms. The fourth-order valence-corrected chi connectivity index (χ4v) is 3.57. The second-order valence-corrected chi connectivity index (χ2v) is 6.20. The Morgan fingerprint density at radius 2 is 2.06 bits per heavy atom. The van der Waals surface area contributed by atoms with E-state index in [1.807, 2.05) is 18.7 Å². The third-order valence-corrected chi connectivity index (χ3v) is 5.45. The monoisotopic (exact) mass is 312 g/mol. The Hall–Kier alpha value is -0.640. The van der Waals surface area contributed by atoms with E-state index in [2.05, 4.69) is 28.0 Å². The highest BCUT2D eigenvalue weighted by Gasteiger charge is 2.39. The van der Waals surface area contributed by atoms with E-state index >= 15 is 0 Å². The molecule has 0 aromatic carbocycles. The fourth-order valence-electron chi connectivity index (χ4n) is 3.09. The number of halogens is 1. The maximum Gasteiger partial charge on any atom is 0.144 e. The van der Waals surface area contributed by atoms with Gasteiger partial charge in [0.05, 0.1) is 22.3 Å². The summed E-state index contributed by atoms with van der Waals surface area (Å²) in [6, 6.07) is 0. The molecule has 1 heterocycles. The third-order valence-electron chi connectivity index (χ3n) is 4.42. The molecule has 0 spiro atoms. The zero-order chi connectivity index (χ0) is 13.3. The molecule has 1 aromatic heterocycles. The molecule has 0 aliphatic heterocycles. The summed E-state index contributed by atoms with van der Waals surface area (Å²) in [6.45, 7) is 4.11. The van der Waals surface area contributed by atoms with Crippen LogP contribution in [-0.2, 0) is 18.3 Å². The number of aryl methyl sites for hydroxylation is 2. The highest BCUT2D eigenvalue weighted by atomic mass is 79.9. The second kappa shape index (κ2) is 5.16. The van der Waals surface area contributed by atoms with E-state index in [-0.39, 0.29) is 5.41 Å². The maximum atomic E-state index is 12.6. The molecule has 0 radical (unpaired) electrons. The van der Waals surface area contributed by atoms with Crippen molar-refractivity contribution in [2.24, 2.45) is 12.5 Å². The van der Waals surface area contributed by atoms with Gasteiger partial charge in [-0.1, -0.05) is 19.8 Å². The Morgan fingerprint density at radius 3 is 2.50 bits per heavy atom. The van der Waals surface area contributed by atoms with Crippen LogP contribution >= 0.6 is 15.9 Å². The van der Waals surface area contributed by atoms with Gasteiger partial charge in [0.2, 0.25) is 0 Å². The number of carbonyl (C=O) groups excluding carboxylic acids is 1. The van der Waals surface area contributed by atoms with Gasteiger partial charge in [-0.05, 0) is 42.1 Å². The molecule has 4 heteroatoms. The average molecular weight is 313 g/mol. The van der Waals surface area contributed by atoms with Crippen LogP contribution in [0.15, 0.2) is 4.47 Å². The van der Waals surface area contributed by atoms with Crippen molar-refractivity contribution in [2.75, 3.05) is 0 Å². The number of Topliss-reactive ketones (excluding diaryl/α,β-unsaturated/α-hetero) is 1. The molecule has 2 rings (SSSR count). The van der Waals surface area contributed by atoms with Gasteiger partial charge in [0.1, 0.15) is 5.78 Å². The largest absolute Gasteiger partial charge is 0.299 e. The van der Waals surface area contributed by atoms with Crippen molar-refractivity contribution in [1.29, 1.82) is 0 Å². The van der Waals surface area contributed by atoms with Crippen LogP contribution in [0.3, 0.4) is 0 Å². The smallest absolute Gasteiger partial charge is 0.144 e. The van der Waals surface area contributed by atoms with E-state index in [9.17, 15) is 4.79 Å². The minimum absolute atomic E-state index is 0.0579. The van der Waals surface area contributed by atoms with Crippen molar-refractivity contribution in [2.45, 2.75) is 52.4 Å². The summed E-state index contributed by atoms with van der Waals surface area (Å²) in [4.78, 5) is 12.6. The molecule has 1 aromatic rings. The number of hydrogen-bond donors (Lipinski definition) is 0. The normalized spacial score (nSPS) is 18.2. The molecule has 18 heavy (non-hydrogen) atoms. The zero-order valence-electron chi connectivity index (χ0n) is 11.4. The van der Waals surface area contributed by atoms with E-state index in [0.717, 1.165) is 35.1 Å². The molecule has 0 saturated heterocycles. The predicted molar refractivity (Wildman–Crippen MR) is 75.5 cm³/mol. The van der Waals surface area contributed by atoms with Gasteiger partial charge in [-0.3, -0.25) is 9.48 Å². The first-order valence-electron chi connectivity index (χ1n) is 6.71. The van der Waals surface area contributed by atoms with Crippen LogP contribution in [0.4, 0.5) is 0 Å². The van der Waals surface area contributed by atoms with Gasteiger partial charge in [0, 0.05) is 12.5 Å². The Labute approximate surface area is 117 Å². The van der Waals surface area contributed by atoms with E-state index in [1.54, 1.807) is 0 Å². The van der Waals surface area contributed by atoms with E-state index in [0.29, 0.717) is 12.2 Å². The van der Waals surface area contributed by atoms with Crippen LogP contribution in [0.5, 0.6) is 0 Å². The van der Waals surface area contributed by atoms with Gasteiger partial charge in [-0.15, -0.1) is 0 Å². The first kappa shape index (κ1) is 13.8. The molecule has 0 amide bonds. The standard InChI is InChI=1S/C14H21BrN2O/c1-4-14(7-5-6-8-14)12(18)9-11-13(15)10(2)16-17(11)3/h4-9H2,1-3H3. The second-order valence-electron chi connectivity index (χ2n) is 5.41. The minimum Gasteiger partial charge on any atom is -0.299 e. The van der Waals surface area contributed by atoms with Gasteiger partial charge in [-0.2, -0.15) is 5.10 Å². The lowest BCUT2D eigenvalue weighted by Gasteiger charge is -2.25. The van der Waals surface area contributed by atoms with E-state index in [4.69, 9.17) is 0 Å². The van der Waals surface area contributed by atoms with Crippen molar-refractivity contribution in [3.05, 3.63) is 15.9 Å².